The molecule has 2 rings (SSSR count). The van der Waals surface area contributed by atoms with Gasteiger partial charge in [0.05, 0.1) is 4.92 Å². The predicted octanol–water partition coefficient (Wildman–Crippen LogP) is 2.92. The molecule has 0 aliphatic rings. The van der Waals surface area contributed by atoms with Crippen LogP contribution < -0.4 is 0 Å². The van der Waals surface area contributed by atoms with Gasteiger partial charge >= 0.3 is 0 Å². The lowest BCUT2D eigenvalue weighted by atomic mass is 10.1. The van der Waals surface area contributed by atoms with Gasteiger partial charge in [0.15, 0.2) is 9.84 Å². The Bertz CT molecular complexity index is 943. The summed E-state index contributed by atoms with van der Waals surface area (Å²) in [6.45, 7) is 0.208. The maximum absolute atomic E-state index is 12.5. The first-order valence-electron chi connectivity index (χ1n) is 7.08. The minimum absolute atomic E-state index is 0.0219. The highest BCUT2D eigenvalue weighted by Crippen LogP contribution is 2.26. The zero-order valence-corrected chi connectivity index (χ0v) is 15.0. The highest BCUT2D eigenvalue weighted by Gasteiger charge is 2.25. The van der Waals surface area contributed by atoms with Gasteiger partial charge in [-0.05, 0) is 23.8 Å². The molecule has 0 radical (unpaired) electrons. The first-order valence-corrected chi connectivity index (χ1v) is 9.35. The summed E-state index contributed by atoms with van der Waals surface area (Å²) in [6.07, 6.45) is 0.875. The van der Waals surface area contributed by atoms with Crippen molar-refractivity contribution in [3.63, 3.8) is 0 Å². The molecule has 0 saturated heterocycles. The summed E-state index contributed by atoms with van der Waals surface area (Å²) >= 11 is 6.06. The van der Waals surface area contributed by atoms with Crippen molar-refractivity contribution >= 4 is 33.0 Å². The van der Waals surface area contributed by atoms with Crippen LogP contribution in [-0.4, -0.2) is 37.5 Å². The molecule has 0 aromatic heterocycles. The van der Waals surface area contributed by atoms with E-state index < -0.39 is 31.3 Å². The molecule has 2 aromatic carbocycles. The van der Waals surface area contributed by atoms with Crippen molar-refractivity contribution in [3.05, 3.63) is 68.7 Å². The normalized spacial score (nSPS) is 11.2. The Balaban J connectivity index is 2.35. The van der Waals surface area contributed by atoms with Gasteiger partial charge in [0, 0.05) is 36.5 Å². The number of carbonyl (C=O) groups excluding carboxylic acids is 1. The van der Waals surface area contributed by atoms with E-state index in [9.17, 15) is 23.3 Å². The molecule has 0 unspecified atom stereocenters. The largest absolute Gasteiger partial charge is 0.337 e. The van der Waals surface area contributed by atoms with Crippen LogP contribution in [0.3, 0.4) is 0 Å². The number of amides is 1. The summed E-state index contributed by atoms with van der Waals surface area (Å²) in [7, 11) is -2.25. The van der Waals surface area contributed by atoms with Gasteiger partial charge in [-0.25, -0.2) is 8.42 Å². The second-order valence-corrected chi connectivity index (χ2v) is 7.86. The molecule has 132 valence electrons. The standard InChI is InChI=1S/C16H15ClN2O5S/c1-18(10-12-5-3-4-6-13(12)17)16(20)11-7-8-15(25(2,23)24)14(9-11)19(21)22/h3-9H,10H2,1-2H3. The highest BCUT2D eigenvalue weighted by molar-refractivity contribution is 7.90. The lowest BCUT2D eigenvalue weighted by molar-refractivity contribution is -0.387. The SMILES string of the molecule is CN(Cc1ccccc1Cl)C(=O)c1ccc(S(C)(=O)=O)c([N+](=O)[O-])c1. The van der Waals surface area contributed by atoms with Gasteiger partial charge < -0.3 is 4.90 Å². The number of nitro groups is 1. The fourth-order valence-electron chi connectivity index (χ4n) is 2.28. The van der Waals surface area contributed by atoms with Crippen molar-refractivity contribution in [2.24, 2.45) is 0 Å². The molecule has 0 fully saturated rings. The van der Waals surface area contributed by atoms with Crippen molar-refractivity contribution in [1.82, 2.24) is 4.90 Å². The molecule has 0 saturated carbocycles. The van der Waals surface area contributed by atoms with E-state index in [1.165, 1.54) is 18.0 Å². The van der Waals surface area contributed by atoms with Gasteiger partial charge in [0.25, 0.3) is 11.6 Å². The van der Waals surface area contributed by atoms with E-state index in [1.54, 1.807) is 24.3 Å². The third kappa shape index (κ3) is 4.34. The number of sulfone groups is 1. The predicted molar refractivity (Wildman–Crippen MR) is 93.5 cm³/mol. The van der Waals surface area contributed by atoms with E-state index in [4.69, 9.17) is 11.6 Å². The van der Waals surface area contributed by atoms with Crippen molar-refractivity contribution in [1.29, 1.82) is 0 Å². The van der Waals surface area contributed by atoms with Crippen LogP contribution in [0.15, 0.2) is 47.4 Å². The topological polar surface area (TPSA) is 97.6 Å². The third-order valence-electron chi connectivity index (χ3n) is 3.51. The fraction of sp³-hybridized carbons (Fsp3) is 0.188. The summed E-state index contributed by atoms with van der Waals surface area (Å²) in [6, 6.07) is 10.3. The van der Waals surface area contributed by atoms with Crippen molar-refractivity contribution in [3.8, 4) is 0 Å². The Hall–Kier alpha value is -2.45. The third-order valence-corrected chi connectivity index (χ3v) is 5.03. The molecule has 9 heteroatoms. The van der Waals surface area contributed by atoms with E-state index in [-0.39, 0.29) is 12.1 Å². The molecule has 7 nitrogen and oxygen atoms in total. The summed E-state index contributed by atoms with van der Waals surface area (Å²) in [5.74, 6) is -0.483. The maximum atomic E-state index is 12.5. The van der Waals surface area contributed by atoms with Gasteiger partial charge in [-0.2, -0.15) is 0 Å². The van der Waals surface area contributed by atoms with Gasteiger partial charge in [0.2, 0.25) is 0 Å². The Morgan fingerprint density at radius 1 is 1.24 bits per heavy atom. The number of benzene rings is 2. The molecule has 1 amide bonds. The second-order valence-electron chi connectivity index (χ2n) is 5.46. The van der Waals surface area contributed by atoms with Crippen LogP contribution in [0.25, 0.3) is 0 Å². The second kappa shape index (κ2) is 7.20. The summed E-state index contributed by atoms with van der Waals surface area (Å²) in [4.78, 5) is 23.8. The monoisotopic (exact) mass is 382 g/mol. The number of nitro benzene ring substituents is 1. The van der Waals surface area contributed by atoms with Gasteiger partial charge in [-0.1, -0.05) is 29.8 Å². The quantitative estimate of drug-likeness (QED) is 0.585. The molecule has 0 spiro atoms. The average Bonchev–Trinajstić information content (AvgIpc) is 2.54. The molecule has 0 aliphatic carbocycles. The van der Waals surface area contributed by atoms with E-state index in [0.29, 0.717) is 5.02 Å². The number of hydrogen-bond donors (Lipinski definition) is 0. The smallest absolute Gasteiger partial charge is 0.288 e. The van der Waals surface area contributed by atoms with Crippen LogP contribution in [-0.2, 0) is 16.4 Å². The van der Waals surface area contributed by atoms with E-state index >= 15 is 0 Å². The Kier molecular flexibility index (Phi) is 5.44. The first-order chi connectivity index (χ1) is 11.6. The van der Waals surface area contributed by atoms with Gasteiger partial charge in [0.1, 0.15) is 4.90 Å². The Labute approximate surface area is 149 Å². The van der Waals surface area contributed by atoms with E-state index in [0.717, 1.165) is 24.0 Å². The molecular formula is C16H15ClN2O5S. The first kappa shape index (κ1) is 18.9. The molecule has 0 heterocycles. The van der Waals surface area contributed by atoms with Crippen molar-refractivity contribution < 1.29 is 18.1 Å². The van der Waals surface area contributed by atoms with Crippen LogP contribution in [0.4, 0.5) is 5.69 Å². The zero-order valence-electron chi connectivity index (χ0n) is 13.5. The molecule has 0 aliphatic heterocycles. The van der Waals surface area contributed by atoms with Gasteiger partial charge in [-0.15, -0.1) is 0 Å². The molecular weight excluding hydrogens is 368 g/mol. The molecule has 0 bridgehead atoms. The van der Waals surface area contributed by atoms with E-state index in [1.807, 2.05) is 0 Å². The van der Waals surface area contributed by atoms with Crippen LogP contribution >= 0.6 is 11.6 Å². The lowest BCUT2D eigenvalue weighted by Crippen LogP contribution is -2.26. The number of nitrogens with zero attached hydrogens (tertiary/aromatic N) is 2. The minimum Gasteiger partial charge on any atom is -0.337 e. The minimum atomic E-state index is -3.78. The number of rotatable bonds is 5. The van der Waals surface area contributed by atoms with Crippen molar-refractivity contribution in [2.45, 2.75) is 11.4 Å². The Morgan fingerprint density at radius 2 is 1.88 bits per heavy atom. The maximum Gasteiger partial charge on any atom is 0.288 e. The van der Waals surface area contributed by atoms with Crippen LogP contribution in [0, 0.1) is 10.1 Å². The highest BCUT2D eigenvalue weighted by atomic mass is 35.5. The van der Waals surface area contributed by atoms with Crippen LogP contribution in [0.1, 0.15) is 15.9 Å². The van der Waals surface area contributed by atoms with Crippen LogP contribution in [0.2, 0.25) is 5.02 Å². The average molecular weight is 383 g/mol. The molecule has 25 heavy (non-hydrogen) atoms. The summed E-state index contributed by atoms with van der Waals surface area (Å²) in [5.41, 5.74) is 0.121. The molecule has 0 N–H and O–H groups in total. The van der Waals surface area contributed by atoms with Crippen molar-refractivity contribution in [2.75, 3.05) is 13.3 Å². The lowest BCUT2D eigenvalue weighted by Gasteiger charge is -2.18. The van der Waals surface area contributed by atoms with Crippen LogP contribution in [0.5, 0.6) is 0 Å². The number of carbonyl (C=O) groups is 1. The fourth-order valence-corrected chi connectivity index (χ4v) is 3.31. The van der Waals surface area contributed by atoms with E-state index in [2.05, 4.69) is 0 Å². The Morgan fingerprint density at radius 3 is 2.44 bits per heavy atom. The molecule has 0 atom stereocenters. The zero-order chi connectivity index (χ0) is 18.8. The number of hydrogen-bond acceptors (Lipinski definition) is 5. The summed E-state index contributed by atoms with van der Waals surface area (Å²) < 4.78 is 23.3. The summed E-state index contributed by atoms with van der Waals surface area (Å²) in [5, 5.41) is 11.6. The van der Waals surface area contributed by atoms with Gasteiger partial charge in [-0.3, -0.25) is 14.9 Å². The molecule has 2 aromatic rings. The number of halogens is 1.